The number of aromatic nitrogens is 3. The number of hydrogen-bond donors (Lipinski definition) is 2. The van der Waals surface area contributed by atoms with Crippen LogP contribution in [0.4, 0.5) is 0 Å². The molecule has 4 rings (SSSR count). The number of fused-ring (bicyclic) bond motifs is 1. The Labute approximate surface area is 168 Å². The van der Waals surface area contributed by atoms with Crippen molar-refractivity contribution in [3.63, 3.8) is 0 Å². The van der Waals surface area contributed by atoms with E-state index in [4.69, 9.17) is 4.98 Å². The first-order chi connectivity index (χ1) is 13.6. The van der Waals surface area contributed by atoms with Gasteiger partial charge in [-0.15, -0.1) is 0 Å². The quantitative estimate of drug-likeness (QED) is 0.469. The van der Waals surface area contributed by atoms with Crippen molar-refractivity contribution in [1.82, 2.24) is 19.9 Å². The average molecular weight is 393 g/mol. The number of thiophene rings is 1. The standard InChI is InChI=1S/C22H24N4OS/c1-15(2)21(22-23-17-7-3-4-8-18(17)24-22)25-20(27)13-19(16-9-12-28-14-16)26-10-5-6-11-26/h3-12,14-15,19,21H,13H2,1-2H3,(H,23,24)(H,25,27)/t19-,21+/m0/s1. The normalized spacial score (nSPS) is 13.7. The third-order valence-corrected chi connectivity index (χ3v) is 5.68. The Morgan fingerprint density at radius 1 is 1.18 bits per heavy atom. The zero-order valence-electron chi connectivity index (χ0n) is 16.0. The van der Waals surface area contributed by atoms with E-state index in [-0.39, 0.29) is 23.9 Å². The second-order valence-electron chi connectivity index (χ2n) is 7.34. The maximum Gasteiger partial charge on any atom is 0.223 e. The van der Waals surface area contributed by atoms with Crippen molar-refractivity contribution >= 4 is 28.3 Å². The molecule has 0 bridgehead atoms. The summed E-state index contributed by atoms with van der Waals surface area (Å²) in [6.45, 7) is 4.20. The van der Waals surface area contributed by atoms with Crippen LogP contribution in [0.3, 0.4) is 0 Å². The van der Waals surface area contributed by atoms with Gasteiger partial charge in [-0.1, -0.05) is 26.0 Å². The SMILES string of the molecule is CC(C)[C@@H](NC(=O)C[C@@H](c1ccsc1)n1cccc1)c1nc2ccccc2[nH]1. The molecule has 0 unspecified atom stereocenters. The van der Waals surface area contributed by atoms with E-state index in [1.54, 1.807) is 11.3 Å². The Bertz CT molecular complexity index is 967. The first-order valence-electron chi connectivity index (χ1n) is 9.50. The molecule has 0 aliphatic carbocycles. The van der Waals surface area contributed by atoms with Crippen LogP contribution >= 0.6 is 11.3 Å². The van der Waals surface area contributed by atoms with E-state index in [0.29, 0.717) is 6.42 Å². The Balaban J connectivity index is 1.54. The lowest BCUT2D eigenvalue weighted by Gasteiger charge is -2.23. The molecule has 0 saturated carbocycles. The lowest BCUT2D eigenvalue weighted by molar-refractivity contribution is -0.122. The van der Waals surface area contributed by atoms with E-state index >= 15 is 0 Å². The molecule has 3 heterocycles. The lowest BCUT2D eigenvalue weighted by atomic mass is 10.0. The number of H-pyrrole nitrogens is 1. The molecule has 5 nitrogen and oxygen atoms in total. The Morgan fingerprint density at radius 2 is 1.96 bits per heavy atom. The minimum Gasteiger partial charge on any atom is -0.346 e. The minimum atomic E-state index is -0.160. The molecule has 0 radical (unpaired) electrons. The fourth-order valence-electron chi connectivity index (χ4n) is 3.49. The minimum absolute atomic E-state index is 0.00950. The first-order valence-corrected chi connectivity index (χ1v) is 10.4. The van der Waals surface area contributed by atoms with Crippen LogP contribution in [-0.4, -0.2) is 20.4 Å². The van der Waals surface area contributed by atoms with Crippen LogP contribution in [0.1, 0.15) is 43.7 Å². The number of carbonyl (C=O) groups excluding carboxylic acids is 1. The van der Waals surface area contributed by atoms with E-state index in [0.717, 1.165) is 22.4 Å². The van der Waals surface area contributed by atoms with Crippen LogP contribution in [0.15, 0.2) is 65.6 Å². The zero-order valence-corrected chi connectivity index (χ0v) is 16.8. The van der Waals surface area contributed by atoms with E-state index in [2.05, 4.69) is 45.5 Å². The average Bonchev–Trinajstić information content (AvgIpc) is 3.45. The highest BCUT2D eigenvalue weighted by Gasteiger charge is 2.24. The van der Waals surface area contributed by atoms with Gasteiger partial charge in [0.2, 0.25) is 5.91 Å². The molecule has 6 heteroatoms. The maximum absolute atomic E-state index is 13.0. The van der Waals surface area contributed by atoms with Gasteiger partial charge in [-0.2, -0.15) is 11.3 Å². The number of para-hydroxylation sites is 2. The molecule has 0 aliphatic rings. The van der Waals surface area contributed by atoms with Crippen molar-refractivity contribution in [2.75, 3.05) is 0 Å². The van der Waals surface area contributed by atoms with Crippen LogP contribution in [0, 0.1) is 5.92 Å². The number of benzene rings is 1. The van der Waals surface area contributed by atoms with Crippen molar-refractivity contribution in [2.24, 2.45) is 5.92 Å². The van der Waals surface area contributed by atoms with Gasteiger partial charge >= 0.3 is 0 Å². The monoisotopic (exact) mass is 392 g/mol. The Hall–Kier alpha value is -2.86. The molecule has 1 amide bonds. The number of aromatic amines is 1. The fraction of sp³-hybridized carbons (Fsp3) is 0.273. The van der Waals surface area contributed by atoms with Gasteiger partial charge < -0.3 is 14.9 Å². The van der Waals surface area contributed by atoms with E-state index in [1.807, 2.05) is 48.8 Å². The highest BCUT2D eigenvalue weighted by Crippen LogP contribution is 2.26. The first kappa shape index (κ1) is 18.5. The number of nitrogens with one attached hydrogen (secondary N) is 2. The predicted octanol–water partition coefficient (Wildman–Crippen LogP) is 4.92. The number of imidazole rings is 1. The van der Waals surface area contributed by atoms with Crippen LogP contribution in [0.25, 0.3) is 11.0 Å². The molecule has 2 atom stereocenters. The van der Waals surface area contributed by atoms with Gasteiger partial charge in [0.25, 0.3) is 0 Å². The van der Waals surface area contributed by atoms with Gasteiger partial charge in [-0.05, 0) is 52.6 Å². The van der Waals surface area contributed by atoms with Crippen molar-refractivity contribution < 1.29 is 4.79 Å². The fourth-order valence-corrected chi connectivity index (χ4v) is 4.20. The molecule has 4 aromatic rings. The van der Waals surface area contributed by atoms with Gasteiger partial charge in [-0.25, -0.2) is 4.98 Å². The molecule has 0 aliphatic heterocycles. The molecule has 0 spiro atoms. The number of nitrogens with zero attached hydrogens (tertiary/aromatic N) is 2. The Morgan fingerprint density at radius 3 is 2.64 bits per heavy atom. The largest absolute Gasteiger partial charge is 0.346 e. The highest BCUT2D eigenvalue weighted by atomic mass is 32.1. The smallest absolute Gasteiger partial charge is 0.223 e. The highest BCUT2D eigenvalue weighted by molar-refractivity contribution is 7.08. The van der Waals surface area contributed by atoms with Gasteiger partial charge in [-0.3, -0.25) is 4.79 Å². The van der Waals surface area contributed by atoms with Crippen molar-refractivity contribution in [3.05, 3.63) is 77.0 Å². The molecule has 2 N–H and O–H groups in total. The summed E-state index contributed by atoms with van der Waals surface area (Å²) in [5, 5.41) is 7.36. The summed E-state index contributed by atoms with van der Waals surface area (Å²) in [4.78, 5) is 21.0. The van der Waals surface area contributed by atoms with Crippen LogP contribution in [-0.2, 0) is 4.79 Å². The van der Waals surface area contributed by atoms with Crippen molar-refractivity contribution in [3.8, 4) is 0 Å². The van der Waals surface area contributed by atoms with E-state index in [1.165, 1.54) is 0 Å². The molecule has 28 heavy (non-hydrogen) atoms. The Kier molecular flexibility index (Phi) is 5.30. The number of rotatable bonds is 7. The van der Waals surface area contributed by atoms with Gasteiger partial charge in [0.15, 0.2) is 0 Å². The molecule has 144 valence electrons. The third kappa shape index (κ3) is 3.87. The van der Waals surface area contributed by atoms with Crippen LogP contribution in [0.2, 0.25) is 0 Å². The van der Waals surface area contributed by atoms with E-state index in [9.17, 15) is 4.79 Å². The molecule has 3 aromatic heterocycles. The number of amides is 1. The summed E-state index contributed by atoms with van der Waals surface area (Å²) in [5.41, 5.74) is 3.06. The summed E-state index contributed by atoms with van der Waals surface area (Å²) in [7, 11) is 0. The van der Waals surface area contributed by atoms with Crippen molar-refractivity contribution in [2.45, 2.75) is 32.4 Å². The summed E-state index contributed by atoms with van der Waals surface area (Å²) >= 11 is 1.65. The predicted molar refractivity (Wildman–Crippen MR) is 113 cm³/mol. The third-order valence-electron chi connectivity index (χ3n) is 4.98. The zero-order chi connectivity index (χ0) is 19.5. The lowest BCUT2D eigenvalue weighted by Crippen LogP contribution is -2.34. The number of hydrogen-bond acceptors (Lipinski definition) is 3. The molecule has 0 saturated heterocycles. The van der Waals surface area contributed by atoms with Gasteiger partial charge in [0.1, 0.15) is 5.82 Å². The number of carbonyl (C=O) groups is 1. The molecular weight excluding hydrogens is 368 g/mol. The summed E-state index contributed by atoms with van der Waals surface area (Å²) in [6.07, 6.45) is 4.40. The summed E-state index contributed by atoms with van der Waals surface area (Å²) in [6, 6.07) is 13.8. The molecule has 1 aromatic carbocycles. The summed E-state index contributed by atoms with van der Waals surface area (Å²) < 4.78 is 2.09. The molecule has 0 fully saturated rings. The van der Waals surface area contributed by atoms with Gasteiger partial charge in [0, 0.05) is 12.4 Å². The topological polar surface area (TPSA) is 62.7 Å². The second kappa shape index (κ2) is 8.02. The van der Waals surface area contributed by atoms with Crippen LogP contribution in [0.5, 0.6) is 0 Å². The maximum atomic E-state index is 13.0. The van der Waals surface area contributed by atoms with Crippen LogP contribution < -0.4 is 5.32 Å². The molecular formula is C22H24N4OS. The summed E-state index contributed by atoms with van der Waals surface area (Å²) in [5.74, 6) is 1.04. The second-order valence-corrected chi connectivity index (χ2v) is 8.12. The van der Waals surface area contributed by atoms with Crippen molar-refractivity contribution in [1.29, 1.82) is 0 Å². The van der Waals surface area contributed by atoms with E-state index < -0.39 is 0 Å². The van der Waals surface area contributed by atoms with Gasteiger partial charge in [0.05, 0.1) is 29.5 Å².